The summed E-state index contributed by atoms with van der Waals surface area (Å²) < 4.78 is 6.00. The maximum atomic E-state index is 5.25. The monoisotopic (exact) mass is 293 g/mol. The number of hydrogen-bond acceptors (Lipinski definition) is 4. The molecule has 88 valence electrons. The lowest BCUT2D eigenvalue weighted by molar-refractivity contribution is 0.417. The Bertz CT molecular complexity index is 511. The zero-order valence-electron chi connectivity index (χ0n) is 9.57. The number of halogens is 1. The van der Waals surface area contributed by atoms with Crippen molar-refractivity contribution in [3.05, 3.63) is 40.6 Å². The molecular formula is C12H12BrN3O. The number of methoxy groups -OCH3 is 1. The molecule has 0 bridgehead atoms. The number of nitrogens with one attached hydrogen (secondary N) is 1. The summed E-state index contributed by atoms with van der Waals surface area (Å²) in [7, 11) is 1.63. The topological polar surface area (TPSA) is 47.0 Å². The molecule has 0 atom stereocenters. The lowest BCUT2D eigenvalue weighted by Crippen LogP contribution is -2.00. The molecule has 0 amide bonds. The van der Waals surface area contributed by atoms with E-state index in [-0.39, 0.29) is 0 Å². The van der Waals surface area contributed by atoms with Crippen molar-refractivity contribution in [2.75, 3.05) is 12.4 Å². The average molecular weight is 294 g/mol. The summed E-state index contributed by atoms with van der Waals surface area (Å²) in [4.78, 5) is 8.54. The van der Waals surface area contributed by atoms with Gasteiger partial charge in [0.05, 0.1) is 12.8 Å². The number of aryl methyl sites for hydroxylation is 1. The minimum Gasteiger partial charge on any atom is -0.495 e. The van der Waals surface area contributed by atoms with Crippen LogP contribution < -0.4 is 10.1 Å². The Balaban J connectivity index is 2.31. The van der Waals surface area contributed by atoms with Gasteiger partial charge < -0.3 is 10.1 Å². The van der Waals surface area contributed by atoms with E-state index >= 15 is 0 Å². The Hall–Kier alpha value is -1.62. The van der Waals surface area contributed by atoms with Crippen molar-refractivity contribution in [3.8, 4) is 5.75 Å². The second kappa shape index (κ2) is 5.14. The second-order valence-electron chi connectivity index (χ2n) is 3.48. The van der Waals surface area contributed by atoms with Crippen LogP contribution in [0.2, 0.25) is 0 Å². The van der Waals surface area contributed by atoms with Crippen LogP contribution >= 0.6 is 15.9 Å². The molecule has 0 radical (unpaired) electrons. The van der Waals surface area contributed by atoms with E-state index in [1.807, 2.05) is 37.3 Å². The molecule has 1 aromatic carbocycles. The molecule has 4 nitrogen and oxygen atoms in total. The van der Waals surface area contributed by atoms with E-state index in [2.05, 4.69) is 31.2 Å². The molecule has 0 saturated heterocycles. The van der Waals surface area contributed by atoms with E-state index in [1.165, 1.54) is 0 Å². The van der Waals surface area contributed by atoms with Gasteiger partial charge in [-0.15, -0.1) is 0 Å². The van der Waals surface area contributed by atoms with Crippen molar-refractivity contribution in [3.63, 3.8) is 0 Å². The van der Waals surface area contributed by atoms with E-state index in [9.17, 15) is 0 Å². The minimum absolute atomic E-state index is 0.543. The predicted molar refractivity (Wildman–Crippen MR) is 70.7 cm³/mol. The fourth-order valence-electron chi connectivity index (χ4n) is 1.45. The molecule has 1 N–H and O–H groups in total. The van der Waals surface area contributed by atoms with E-state index in [1.54, 1.807) is 7.11 Å². The lowest BCUT2D eigenvalue weighted by atomic mass is 10.3. The number of ether oxygens (including phenoxy) is 1. The summed E-state index contributed by atoms with van der Waals surface area (Å²) in [5.74, 6) is 1.30. The highest BCUT2D eigenvalue weighted by Gasteiger charge is 2.05. The van der Waals surface area contributed by atoms with Crippen LogP contribution in [0, 0.1) is 6.92 Å². The zero-order valence-corrected chi connectivity index (χ0v) is 11.2. The smallest absolute Gasteiger partial charge is 0.228 e. The summed E-state index contributed by atoms with van der Waals surface area (Å²) in [5, 5.41) is 3.13. The van der Waals surface area contributed by atoms with Crippen molar-refractivity contribution in [1.82, 2.24) is 9.97 Å². The zero-order chi connectivity index (χ0) is 12.3. The van der Waals surface area contributed by atoms with Gasteiger partial charge in [-0.3, -0.25) is 0 Å². The Kier molecular flexibility index (Phi) is 3.58. The van der Waals surface area contributed by atoms with Crippen molar-refractivity contribution in [2.24, 2.45) is 0 Å². The van der Waals surface area contributed by atoms with Gasteiger partial charge in [-0.25, -0.2) is 9.97 Å². The molecule has 0 fully saturated rings. The summed E-state index contributed by atoms with van der Waals surface area (Å²) in [5.41, 5.74) is 1.73. The summed E-state index contributed by atoms with van der Waals surface area (Å²) >= 11 is 3.34. The second-order valence-corrected chi connectivity index (χ2v) is 4.29. The van der Waals surface area contributed by atoms with Gasteiger partial charge in [0.2, 0.25) is 5.95 Å². The highest BCUT2D eigenvalue weighted by Crippen LogP contribution is 2.26. The maximum Gasteiger partial charge on any atom is 0.228 e. The van der Waals surface area contributed by atoms with Gasteiger partial charge in [-0.05, 0) is 41.1 Å². The first kappa shape index (κ1) is 11.9. The molecule has 0 aliphatic carbocycles. The molecular weight excluding hydrogens is 282 g/mol. The van der Waals surface area contributed by atoms with Gasteiger partial charge in [0, 0.05) is 5.69 Å². The van der Waals surface area contributed by atoms with Gasteiger partial charge >= 0.3 is 0 Å². The van der Waals surface area contributed by atoms with E-state index in [0.717, 1.165) is 21.7 Å². The molecule has 1 aromatic heterocycles. The molecule has 0 aliphatic heterocycles. The Morgan fingerprint density at radius 1 is 1.24 bits per heavy atom. The van der Waals surface area contributed by atoms with Crippen molar-refractivity contribution >= 4 is 27.6 Å². The lowest BCUT2D eigenvalue weighted by Gasteiger charge is -2.09. The number of nitrogens with zero attached hydrogens (tertiary/aromatic N) is 2. The van der Waals surface area contributed by atoms with Crippen LogP contribution in [0.5, 0.6) is 5.75 Å². The first-order valence-corrected chi connectivity index (χ1v) is 5.89. The van der Waals surface area contributed by atoms with Gasteiger partial charge in [0.1, 0.15) is 10.4 Å². The maximum absolute atomic E-state index is 5.25. The van der Waals surface area contributed by atoms with Crippen LogP contribution in [0.4, 0.5) is 11.6 Å². The molecule has 0 aliphatic rings. The number of aromatic nitrogens is 2. The number of anilines is 2. The Labute approximate surface area is 108 Å². The number of rotatable bonds is 3. The Morgan fingerprint density at radius 3 is 2.71 bits per heavy atom. The average Bonchev–Trinajstić information content (AvgIpc) is 2.28. The van der Waals surface area contributed by atoms with Crippen molar-refractivity contribution in [1.29, 1.82) is 0 Å². The predicted octanol–water partition coefficient (Wildman–Crippen LogP) is 3.30. The molecule has 1 heterocycles. The first-order valence-electron chi connectivity index (χ1n) is 5.10. The van der Waals surface area contributed by atoms with E-state index in [4.69, 9.17) is 4.74 Å². The van der Waals surface area contributed by atoms with E-state index < -0.39 is 0 Å². The Morgan fingerprint density at radius 2 is 2.00 bits per heavy atom. The molecule has 5 heteroatoms. The fourth-order valence-corrected chi connectivity index (χ4v) is 1.95. The van der Waals surface area contributed by atoms with Crippen molar-refractivity contribution in [2.45, 2.75) is 6.92 Å². The molecule has 0 spiro atoms. The van der Waals surface area contributed by atoms with Crippen LogP contribution in [0.15, 0.2) is 34.9 Å². The third-order valence-corrected chi connectivity index (χ3v) is 2.58. The van der Waals surface area contributed by atoms with Gasteiger partial charge in [0.25, 0.3) is 0 Å². The number of para-hydroxylation sites is 2. The number of hydrogen-bond donors (Lipinski definition) is 1. The normalized spacial score (nSPS) is 10.1. The van der Waals surface area contributed by atoms with Crippen molar-refractivity contribution < 1.29 is 4.74 Å². The van der Waals surface area contributed by atoms with Gasteiger partial charge in [-0.2, -0.15) is 0 Å². The van der Waals surface area contributed by atoms with Crippen LogP contribution in [0.3, 0.4) is 0 Å². The molecule has 0 saturated carbocycles. The van der Waals surface area contributed by atoms with Crippen LogP contribution in [0.25, 0.3) is 0 Å². The van der Waals surface area contributed by atoms with Crippen LogP contribution in [-0.2, 0) is 0 Å². The van der Waals surface area contributed by atoms with Gasteiger partial charge in [0.15, 0.2) is 0 Å². The van der Waals surface area contributed by atoms with Gasteiger partial charge in [-0.1, -0.05) is 12.1 Å². The third-order valence-electron chi connectivity index (χ3n) is 2.18. The summed E-state index contributed by atoms with van der Waals surface area (Å²) in [6, 6.07) is 9.49. The van der Waals surface area contributed by atoms with Crippen LogP contribution in [-0.4, -0.2) is 17.1 Å². The largest absolute Gasteiger partial charge is 0.495 e. The number of benzene rings is 1. The highest BCUT2D eigenvalue weighted by molar-refractivity contribution is 9.10. The fraction of sp³-hybridized carbons (Fsp3) is 0.167. The van der Waals surface area contributed by atoms with E-state index in [0.29, 0.717) is 5.95 Å². The molecule has 17 heavy (non-hydrogen) atoms. The third kappa shape index (κ3) is 2.94. The summed E-state index contributed by atoms with van der Waals surface area (Å²) in [6.07, 6.45) is 0. The molecule has 2 rings (SSSR count). The molecule has 0 unspecified atom stereocenters. The quantitative estimate of drug-likeness (QED) is 0.882. The molecule has 2 aromatic rings. The van der Waals surface area contributed by atoms with Crippen LogP contribution in [0.1, 0.15) is 5.69 Å². The minimum atomic E-state index is 0.543. The SMILES string of the molecule is COc1ccccc1Nc1nc(C)cc(Br)n1. The summed E-state index contributed by atoms with van der Waals surface area (Å²) in [6.45, 7) is 1.92. The highest BCUT2D eigenvalue weighted by atomic mass is 79.9. The first-order chi connectivity index (χ1) is 8.19. The standard InChI is InChI=1S/C12H12BrN3O/c1-8-7-11(13)16-12(14-8)15-9-5-3-4-6-10(9)17-2/h3-7H,1-2H3,(H,14,15,16).